The number of hydrogen-bond acceptors (Lipinski definition) is 4. The molecule has 0 saturated carbocycles. The number of aromatic nitrogens is 3. The van der Waals surface area contributed by atoms with Gasteiger partial charge < -0.3 is 14.4 Å². The summed E-state index contributed by atoms with van der Waals surface area (Å²) in [5.41, 5.74) is -0.435. The molecule has 0 fully saturated rings. The minimum absolute atomic E-state index is 0.104. The van der Waals surface area contributed by atoms with E-state index < -0.39 is 5.60 Å². The maximum atomic E-state index is 8.98. The Kier molecular flexibility index (Phi) is 3.23. The van der Waals surface area contributed by atoms with Gasteiger partial charge in [-0.25, -0.2) is 0 Å². The van der Waals surface area contributed by atoms with Crippen LogP contribution >= 0.6 is 0 Å². The maximum absolute atomic E-state index is 8.98. The Labute approximate surface area is 83.7 Å². The molecular weight excluding hydrogens is 182 g/mol. The van der Waals surface area contributed by atoms with Crippen molar-refractivity contribution in [3.63, 3.8) is 0 Å². The average molecular weight is 199 g/mol. The SMILES string of the molecule is CCC(C)(OC)c1nnc(CO)n1C. The first-order valence-corrected chi connectivity index (χ1v) is 4.63. The topological polar surface area (TPSA) is 60.2 Å². The van der Waals surface area contributed by atoms with Gasteiger partial charge in [0.05, 0.1) is 0 Å². The highest BCUT2D eigenvalue weighted by molar-refractivity contribution is 5.03. The van der Waals surface area contributed by atoms with E-state index in [1.54, 1.807) is 11.7 Å². The Morgan fingerprint density at radius 3 is 2.50 bits per heavy atom. The molecule has 0 bridgehead atoms. The molecule has 0 radical (unpaired) electrons. The second-order valence-corrected chi connectivity index (χ2v) is 3.45. The highest BCUT2D eigenvalue weighted by Crippen LogP contribution is 2.26. The van der Waals surface area contributed by atoms with Crippen molar-refractivity contribution < 1.29 is 9.84 Å². The lowest BCUT2D eigenvalue weighted by atomic mass is 10.0. The summed E-state index contributed by atoms with van der Waals surface area (Å²) in [7, 11) is 3.48. The second kappa shape index (κ2) is 4.06. The van der Waals surface area contributed by atoms with E-state index >= 15 is 0 Å². The van der Waals surface area contributed by atoms with E-state index in [1.807, 2.05) is 20.9 Å². The van der Waals surface area contributed by atoms with Crippen LogP contribution in [-0.4, -0.2) is 27.0 Å². The van der Waals surface area contributed by atoms with Crippen molar-refractivity contribution in [3.05, 3.63) is 11.6 Å². The van der Waals surface area contributed by atoms with Crippen molar-refractivity contribution in [2.24, 2.45) is 7.05 Å². The van der Waals surface area contributed by atoms with Crippen LogP contribution in [0.4, 0.5) is 0 Å². The molecule has 1 rings (SSSR count). The molecule has 5 nitrogen and oxygen atoms in total. The van der Waals surface area contributed by atoms with Crippen LogP contribution in [0.1, 0.15) is 31.9 Å². The second-order valence-electron chi connectivity index (χ2n) is 3.45. The quantitative estimate of drug-likeness (QED) is 0.770. The molecule has 5 heteroatoms. The van der Waals surface area contributed by atoms with Gasteiger partial charge in [0.25, 0.3) is 0 Å². The molecule has 80 valence electrons. The van der Waals surface area contributed by atoms with Gasteiger partial charge in [0.1, 0.15) is 12.2 Å². The Balaban J connectivity index is 3.11. The van der Waals surface area contributed by atoms with Crippen molar-refractivity contribution in [1.29, 1.82) is 0 Å². The summed E-state index contributed by atoms with van der Waals surface area (Å²) in [5, 5.41) is 16.9. The van der Waals surface area contributed by atoms with Crippen molar-refractivity contribution in [2.45, 2.75) is 32.5 Å². The third-order valence-electron chi connectivity index (χ3n) is 2.70. The predicted molar refractivity (Wildman–Crippen MR) is 51.6 cm³/mol. The summed E-state index contributed by atoms with van der Waals surface area (Å²) in [6, 6.07) is 0. The van der Waals surface area contributed by atoms with Crippen LogP contribution in [0.3, 0.4) is 0 Å². The molecule has 1 N–H and O–H groups in total. The maximum Gasteiger partial charge on any atom is 0.164 e. The van der Waals surface area contributed by atoms with E-state index in [4.69, 9.17) is 9.84 Å². The summed E-state index contributed by atoms with van der Waals surface area (Å²) in [5.74, 6) is 1.29. The highest BCUT2D eigenvalue weighted by Gasteiger charge is 2.30. The van der Waals surface area contributed by atoms with Crippen LogP contribution in [-0.2, 0) is 24.0 Å². The van der Waals surface area contributed by atoms with Gasteiger partial charge in [0.15, 0.2) is 11.6 Å². The van der Waals surface area contributed by atoms with Gasteiger partial charge in [0.2, 0.25) is 0 Å². The lowest BCUT2D eigenvalue weighted by molar-refractivity contribution is -0.0116. The summed E-state index contributed by atoms with van der Waals surface area (Å²) in [4.78, 5) is 0. The largest absolute Gasteiger partial charge is 0.388 e. The van der Waals surface area contributed by atoms with E-state index in [-0.39, 0.29) is 6.61 Å². The number of methoxy groups -OCH3 is 1. The van der Waals surface area contributed by atoms with Crippen LogP contribution in [0.2, 0.25) is 0 Å². The van der Waals surface area contributed by atoms with Crippen molar-refractivity contribution in [1.82, 2.24) is 14.8 Å². The Hall–Kier alpha value is -0.940. The van der Waals surface area contributed by atoms with E-state index in [0.717, 1.165) is 12.2 Å². The summed E-state index contributed by atoms with van der Waals surface area (Å²) in [6.07, 6.45) is 0.806. The smallest absolute Gasteiger partial charge is 0.164 e. The molecule has 1 unspecified atom stereocenters. The molecular formula is C9H17N3O2. The molecule has 0 amide bonds. The lowest BCUT2D eigenvalue weighted by Gasteiger charge is -2.25. The van der Waals surface area contributed by atoms with Crippen LogP contribution in [0.15, 0.2) is 0 Å². The van der Waals surface area contributed by atoms with Gasteiger partial charge in [-0.05, 0) is 13.3 Å². The van der Waals surface area contributed by atoms with Gasteiger partial charge in [-0.1, -0.05) is 6.92 Å². The van der Waals surface area contributed by atoms with Gasteiger partial charge in [-0.3, -0.25) is 0 Å². The first-order valence-electron chi connectivity index (χ1n) is 4.63. The standard InChI is InChI=1S/C9H17N3O2/c1-5-9(2,14-4)8-11-10-7(6-13)12(8)3/h13H,5-6H2,1-4H3. The molecule has 1 atom stereocenters. The molecule has 0 aromatic carbocycles. The number of hydrogen-bond donors (Lipinski definition) is 1. The molecule has 1 heterocycles. The third-order valence-corrected chi connectivity index (χ3v) is 2.70. The zero-order chi connectivity index (χ0) is 10.8. The van der Waals surface area contributed by atoms with Crippen LogP contribution in [0.25, 0.3) is 0 Å². The number of ether oxygens (including phenoxy) is 1. The Morgan fingerprint density at radius 2 is 2.14 bits per heavy atom. The fourth-order valence-corrected chi connectivity index (χ4v) is 1.35. The predicted octanol–water partition coefficient (Wildman–Crippen LogP) is 0.579. The number of nitrogens with zero attached hydrogens (tertiary/aromatic N) is 3. The summed E-state index contributed by atoms with van der Waals surface area (Å²) < 4.78 is 7.18. The summed E-state index contributed by atoms with van der Waals surface area (Å²) >= 11 is 0. The number of rotatable bonds is 4. The van der Waals surface area contributed by atoms with Crippen LogP contribution in [0, 0.1) is 0 Å². The molecule has 0 aliphatic carbocycles. The van der Waals surface area contributed by atoms with Crippen LogP contribution < -0.4 is 0 Å². The van der Waals surface area contributed by atoms with Gasteiger partial charge >= 0.3 is 0 Å². The van der Waals surface area contributed by atoms with Gasteiger partial charge in [0, 0.05) is 14.2 Å². The number of aliphatic hydroxyl groups is 1. The Morgan fingerprint density at radius 1 is 1.50 bits per heavy atom. The molecule has 0 saturated heterocycles. The van der Waals surface area contributed by atoms with Gasteiger partial charge in [-0.15, -0.1) is 10.2 Å². The first-order chi connectivity index (χ1) is 6.59. The minimum Gasteiger partial charge on any atom is -0.388 e. The summed E-state index contributed by atoms with van der Waals surface area (Å²) in [6.45, 7) is 3.88. The third kappa shape index (κ3) is 1.65. The first kappa shape index (κ1) is 11.1. The molecule has 1 aromatic heterocycles. The lowest BCUT2D eigenvalue weighted by Crippen LogP contribution is -2.27. The van der Waals surface area contributed by atoms with Crippen molar-refractivity contribution >= 4 is 0 Å². The molecule has 0 aliphatic heterocycles. The van der Waals surface area contributed by atoms with E-state index in [2.05, 4.69) is 10.2 Å². The monoisotopic (exact) mass is 199 g/mol. The van der Waals surface area contributed by atoms with Gasteiger partial charge in [-0.2, -0.15) is 0 Å². The molecule has 1 aromatic rings. The zero-order valence-corrected chi connectivity index (χ0v) is 9.11. The highest BCUT2D eigenvalue weighted by atomic mass is 16.5. The molecule has 0 spiro atoms. The van der Waals surface area contributed by atoms with Crippen molar-refractivity contribution in [3.8, 4) is 0 Å². The molecule has 0 aliphatic rings. The Bertz CT molecular complexity index is 305. The fourth-order valence-electron chi connectivity index (χ4n) is 1.35. The van der Waals surface area contributed by atoms with E-state index in [0.29, 0.717) is 5.82 Å². The number of aliphatic hydroxyl groups excluding tert-OH is 1. The van der Waals surface area contributed by atoms with E-state index in [1.165, 1.54) is 0 Å². The van der Waals surface area contributed by atoms with E-state index in [9.17, 15) is 0 Å². The van der Waals surface area contributed by atoms with Crippen LogP contribution in [0.5, 0.6) is 0 Å². The molecule has 14 heavy (non-hydrogen) atoms. The minimum atomic E-state index is -0.435. The van der Waals surface area contributed by atoms with Crippen molar-refractivity contribution in [2.75, 3.05) is 7.11 Å². The zero-order valence-electron chi connectivity index (χ0n) is 9.11. The average Bonchev–Trinajstić information content (AvgIpc) is 2.59. The fraction of sp³-hybridized carbons (Fsp3) is 0.778. The normalized spacial score (nSPS) is 15.5.